The second kappa shape index (κ2) is 5.44. The summed E-state index contributed by atoms with van der Waals surface area (Å²) < 4.78 is 0. The van der Waals surface area contributed by atoms with E-state index in [9.17, 15) is 0 Å². The average molecular weight is 245 g/mol. The molecule has 100 valence electrons. The van der Waals surface area contributed by atoms with Gasteiger partial charge in [0.1, 0.15) is 0 Å². The molecule has 0 bridgehead atoms. The molecule has 1 unspecified atom stereocenters. The Morgan fingerprint density at radius 2 is 2.00 bits per heavy atom. The lowest BCUT2D eigenvalue weighted by Crippen LogP contribution is -2.38. The number of benzene rings is 1. The summed E-state index contributed by atoms with van der Waals surface area (Å²) in [6.45, 7) is 10.5. The van der Waals surface area contributed by atoms with Crippen LogP contribution in [0.2, 0.25) is 0 Å². The Balaban J connectivity index is 2.14. The highest BCUT2D eigenvalue weighted by atomic mass is 14.9. The van der Waals surface area contributed by atoms with Crippen LogP contribution in [0.25, 0.3) is 0 Å². The van der Waals surface area contributed by atoms with Crippen LogP contribution in [-0.2, 0) is 6.42 Å². The molecule has 1 nitrogen and oxygen atoms in total. The van der Waals surface area contributed by atoms with Crippen molar-refractivity contribution in [3.8, 4) is 0 Å². The van der Waals surface area contributed by atoms with Gasteiger partial charge in [-0.25, -0.2) is 0 Å². The summed E-state index contributed by atoms with van der Waals surface area (Å²) in [5.41, 5.74) is 3.43. The van der Waals surface area contributed by atoms with Crippen molar-refractivity contribution in [2.45, 2.75) is 53.0 Å². The van der Waals surface area contributed by atoms with E-state index < -0.39 is 0 Å². The molecule has 1 N–H and O–H groups in total. The zero-order valence-electron chi connectivity index (χ0n) is 12.3. The van der Waals surface area contributed by atoms with E-state index in [1.165, 1.54) is 24.8 Å². The number of hydrogen-bond acceptors (Lipinski definition) is 1. The summed E-state index contributed by atoms with van der Waals surface area (Å²) in [6.07, 6.45) is 3.77. The Labute approximate surface area is 112 Å². The topological polar surface area (TPSA) is 12.0 Å². The summed E-state index contributed by atoms with van der Waals surface area (Å²) in [4.78, 5) is 0. The van der Waals surface area contributed by atoms with E-state index >= 15 is 0 Å². The molecule has 1 aromatic rings. The van der Waals surface area contributed by atoms with Crippen LogP contribution in [0, 0.1) is 11.3 Å². The van der Waals surface area contributed by atoms with Crippen molar-refractivity contribution in [1.29, 1.82) is 0 Å². The number of nitrogens with one attached hydrogen (secondary N) is 1. The first-order valence-electron chi connectivity index (χ1n) is 7.32. The Bertz CT molecular complexity index is 392. The maximum atomic E-state index is 3.80. The van der Waals surface area contributed by atoms with Crippen LogP contribution in [0.1, 0.15) is 57.7 Å². The van der Waals surface area contributed by atoms with Gasteiger partial charge in [-0.1, -0.05) is 52.0 Å². The third-order valence-corrected chi connectivity index (χ3v) is 4.26. The molecule has 0 aromatic heterocycles. The second-order valence-corrected chi connectivity index (χ2v) is 6.76. The van der Waals surface area contributed by atoms with E-state index in [2.05, 4.69) is 57.3 Å². The summed E-state index contributed by atoms with van der Waals surface area (Å²) in [5, 5.41) is 3.80. The van der Waals surface area contributed by atoms with Crippen LogP contribution in [0.5, 0.6) is 0 Å². The van der Waals surface area contributed by atoms with Gasteiger partial charge in [0.05, 0.1) is 0 Å². The fraction of sp³-hybridized carbons (Fsp3) is 0.647. The van der Waals surface area contributed by atoms with E-state index in [4.69, 9.17) is 0 Å². The van der Waals surface area contributed by atoms with Crippen molar-refractivity contribution in [3.63, 3.8) is 0 Å². The van der Waals surface area contributed by atoms with Gasteiger partial charge >= 0.3 is 0 Å². The number of aryl methyl sites for hydroxylation is 1. The van der Waals surface area contributed by atoms with Crippen molar-refractivity contribution in [2.24, 2.45) is 11.3 Å². The van der Waals surface area contributed by atoms with E-state index in [0.717, 1.165) is 12.5 Å². The molecule has 0 saturated heterocycles. The quantitative estimate of drug-likeness (QED) is 0.832. The van der Waals surface area contributed by atoms with Gasteiger partial charge in [0, 0.05) is 6.04 Å². The van der Waals surface area contributed by atoms with Gasteiger partial charge in [0.2, 0.25) is 0 Å². The van der Waals surface area contributed by atoms with Crippen LogP contribution in [-0.4, -0.2) is 6.54 Å². The van der Waals surface area contributed by atoms with Gasteiger partial charge in [-0.3, -0.25) is 0 Å². The molecule has 1 aliphatic rings. The molecule has 0 radical (unpaired) electrons. The third kappa shape index (κ3) is 2.95. The zero-order chi connectivity index (χ0) is 13.2. The van der Waals surface area contributed by atoms with Crippen LogP contribution in [0.4, 0.5) is 0 Å². The van der Waals surface area contributed by atoms with Gasteiger partial charge in [-0.05, 0) is 48.3 Å². The smallest absolute Gasteiger partial charge is 0.0374 e. The predicted octanol–water partition coefficient (Wildman–Crippen LogP) is 4.34. The Kier molecular flexibility index (Phi) is 4.11. The first kappa shape index (κ1) is 13.6. The van der Waals surface area contributed by atoms with E-state index in [1.807, 2.05) is 0 Å². The lowest BCUT2D eigenvalue weighted by atomic mass is 9.70. The number of rotatable bonds is 4. The lowest BCUT2D eigenvalue weighted by molar-refractivity contribution is 0.207. The number of hydrogen-bond donors (Lipinski definition) is 1. The lowest BCUT2D eigenvalue weighted by Gasteiger charge is -2.41. The molecule has 0 heterocycles. The Morgan fingerprint density at radius 1 is 1.28 bits per heavy atom. The van der Waals surface area contributed by atoms with E-state index in [0.29, 0.717) is 11.5 Å². The van der Waals surface area contributed by atoms with Crippen LogP contribution >= 0.6 is 0 Å². The molecule has 0 aliphatic heterocycles. The molecule has 0 amide bonds. The molecule has 1 aromatic carbocycles. The minimum Gasteiger partial charge on any atom is -0.309 e. The largest absolute Gasteiger partial charge is 0.309 e. The molecule has 1 atom stereocenters. The van der Waals surface area contributed by atoms with Crippen molar-refractivity contribution in [1.82, 2.24) is 5.32 Å². The minimum absolute atomic E-state index is 0.366. The fourth-order valence-corrected chi connectivity index (χ4v) is 2.97. The molecular formula is C17H27N. The molecule has 1 aliphatic carbocycles. The highest BCUT2D eigenvalue weighted by molar-refractivity contribution is 5.34. The molecule has 0 spiro atoms. The third-order valence-electron chi connectivity index (χ3n) is 4.26. The maximum Gasteiger partial charge on any atom is 0.0374 e. The Hall–Kier alpha value is -0.820. The van der Waals surface area contributed by atoms with Crippen molar-refractivity contribution >= 4 is 0 Å². The monoisotopic (exact) mass is 245 g/mol. The Morgan fingerprint density at radius 3 is 2.72 bits per heavy atom. The summed E-state index contributed by atoms with van der Waals surface area (Å²) in [6, 6.07) is 9.46. The highest BCUT2D eigenvalue weighted by Gasteiger charge is 2.35. The zero-order valence-corrected chi connectivity index (χ0v) is 12.3. The molecule has 1 heteroatoms. The SMILES string of the molecule is CC(C)CCNC1c2ccccc2CCC1(C)C. The highest BCUT2D eigenvalue weighted by Crippen LogP contribution is 2.43. The summed E-state index contributed by atoms with van der Waals surface area (Å²) in [7, 11) is 0. The van der Waals surface area contributed by atoms with E-state index in [-0.39, 0.29) is 0 Å². The molecule has 0 saturated carbocycles. The predicted molar refractivity (Wildman–Crippen MR) is 78.7 cm³/mol. The van der Waals surface area contributed by atoms with E-state index in [1.54, 1.807) is 5.56 Å². The molecular weight excluding hydrogens is 218 g/mol. The van der Waals surface area contributed by atoms with Gasteiger partial charge in [-0.15, -0.1) is 0 Å². The number of fused-ring (bicyclic) bond motifs is 1. The molecule has 0 fully saturated rings. The average Bonchev–Trinajstić information content (AvgIpc) is 2.31. The maximum absolute atomic E-state index is 3.80. The van der Waals surface area contributed by atoms with Crippen molar-refractivity contribution in [3.05, 3.63) is 35.4 Å². The fourth-order valence-electron chi connectivity index (χ4n) is 2.97. The van der Waals surface area contributed by atoms with Crippen LogP contribution in [0.15, 0.2) is 24.3 Å². The van der Waals surface area contributed by atoms with Crippen molar-refractivity contribution < 1.29 is 0 Å². The summed E-state index contributed by atoms with van der Waals surface area (Å²) in [5.74, 6) is 0.777. The molecule has 18 heavy (non-hydrogen) atoms. The standard InChI is InChI=1S/C17H27N/c1-13(2)10-12-18-16-15-8-6-5-7-14(15)9-11-17(16,3)4/h5-8,13,16,18H,9-12H2,1-4H3. The normalized spacial score (nSPS) is 21.9. The minimum atomic E-state index is 0.366. The summed E-state index contributed by atoms with van der Waals surface area (Å²) >= 11 is 0. The second-order valence-electron chi connectivity index (χ2n) is 6.76. The van der Waals surface area contributed by atoms with Crippen LogP contribution in [0.3, 0.4) is 0 Å². The van der Waals surface area contributed by atoms with Gasteiger partial charge < -0.3 is 5.32 Å². The first-order valence-corrected chi connectivity index (χ1v) is 7.32. The van der Waals surface area contributed by atoms with Gasteiger partial charge in [0.25, 0.3) is 0 Å². The first-order chi connectivity index (χ1) is 8.50. The van der Waals surface area contributed by atoms with Gasteiger partial charge in [0.15, 0.2) is 0 Å². The van der Waals surface area contributed by atoms with Crippen molar-refractivity contribution in [2.75, 3.05) is 6.54 Å². The molecule has 2 rings (SSSR count). The van der Waals surface area contributed by atoms with Gasteiger partial charge in [-0.2, -0.15) is 0 Å². The van der Waals surface area contributed by atoms with Crippen LogP contribution < -0.4 is 5.32 Å².